The Labute approximate surface area is 192 Å². The molecular formula is C25H26N2O6. The minimum absolute atomic E-state index is 0.0576. The molecule has 8 heteroatoms. The lowest BCUT2D eigenvalue weighted by atomic mass is 9.93. The van der Waals surface area contributed by atoms with Gasteiger partial charge in [0, 0.05) is 11.5 Å². The van der Waals surface area contributed by atoms with E-state index in [1.54, 1.807) is 75.4 Å². The Kier molecular flexibility index (Phi) is 7.02. The van der Waals surface area contributed by atoms with E-state index in [4.69, 9.17) is 9.47 Å². The van der Waals surface area contributed by atoms with E-state index < -0.39 is 41.5 Å². The second-order valence-corrected chi connectivity index (χ2v) is 8.83. The molecule has 3 unspecified atom stereocenters. The molecule has 1 N–H and O–H groups in total. The highest BCUT2D eigenvalue weighted by molar-refractivity contribution is 5.97. The van der Waals surface area contributed by atoms with Crippen molar-refractivity contribution in [2.75, 3.05) is 6.54 Å². The van der Waals surface area contributed by atoms with Crippen molar-refractivity contribution in [3.05, 3.63) is 65.7 Å². The summed E-state index contributed by atoms with van der Waals surface area (Å²) in [6.45, 7) is 5.10. The zero-order chi connectivity index (χ0) is 24.2. The number of benzene rings is 2. The molecule has 8 nitrogen and oxygen atoms in total. The number of esters is 1. The Morgan fingerprint density at radius 3 is 2.33 bits per heavy atom. The van der Waals surface area contributed by atoms with Gasteiger partial charge in [0.15, 0.2) is 0 Å². The number of ether oxygens (including phenoxy) is 2. The summed E-state index contributed by atoms with van der Waals surface area (Å²) in [7, 11) is 0. The minimum atomic E-state index is -1.30. The predicted molar refractivity (Wildman–Crippen MR) is 118 cm³/mol. The van der Waals surface area contributed by atoms with E-state index >= 15 is 0 Å². The second-order valence-electron chi connectivity index (χ2n) is 8.83. The van der Waals surface area contributed by atoms with Crippen molar-refractivity contribution in [1.82, 2.24) is 4.90 Å². The van der Waals surface area contributed by atoms with Crippen LogP contribution in [0, 0.1) is 17.2 Å². The first-order chi connectivity index (χ1) is 15.6. The molecule has 3 rings (SSSR count). The Morgan fingerprint density at radius 1 is 1.09 bits per heavy atom. The van der Waals surface area contributed by atoms with Crippen LogP contribution in [0.15, 0.2) is 54.6 Å². The summed E-state index contributed by atoms with van der Waals surface area (Å²) in [5, 5.41) is 19.4. The first-order valence-corrected chi connectivity index (χ1v) is 10.6. The van der Waals surface area contributed by atoms with Crippen molar-refractivity contribution in [2.24, 2.45) is 5.92 Å². The Hall–Kier alpha value is -3.86. The third-order valence-corrected chi connectivity index (χ3v) is 5.24. The molecule has 3 atom stereocenters. The van der Waals surface area contributed by atoms with Crippen LogP contribution >= 0.6 is 0 Å². The lowest BCUT2D eigenvalue weighted by Crippen LogP contribution is -2.44. The van der Waals surface area contributed by atoms with Gasteiger partial charge in [0.25, 0.3) is 5.91 Å². The van der Waals surface area contributed by atoms with Crippen LogP contribution in [0.3, 0.4) is 0 Å². The number of hydrogen-bond donors (Lipinski definition) is 1. The summed E-state index contributed by atoms with van der Waals surface area (Å²) >= 11 is 0. The summed E-state index contributed by atoms with van der Waals surface area (Å²) in [5.74, 6) is -2.92. The number of nitrogens with zero attached hydrogens (tertiary/aromatic N) is 2. The Morgan fingerprint density at radius 2 is 1.73 bits per heavy atom. The number of carboxylic acid groups (broad SMARTS) is 1. The maximum absolute atomic E-state index is 13.2. The number of aliphatic carboxylic acids is 1. The van der Waals surface area contributed by atoms with Crippen LogP contribution in [0.25, 0.3) is 0 Å². The molecule has 1 saturated heterocycles. The summed E-state index contributed by atoms with van der Waals surface area (Å²) in [4.78, 5) is 39.3. The molecule has 1 heterocycles. The highest BCUT2D eigenvalue weighted by atomic mass is 16.6. The van der Waals surface area contributed by atoms with Gasteiger partial charge in [0.1, 0.15) is 29.6 Å². The number of para-hydroxylation sites is 1. The van der Waals surface area contributed by atoms with Gasteiger partial charge in [-0.1, -0.05) is 30.3 Å². The molecule has 1 amide bonds. The van der Waals surface area contributed by atoms with Crippen molar-refractivity contribution < 1.29 is 29.0 Å². The summed E-state index contributed by atoms with van der Waals surface area (Å²) in [5.41, 5.74) is -0.149. The molecule has 33 heavy (non-hydrogen) atoms. The molecule has 2 aromatic rings. The van der Waals surface area contributed by atoms with Gasteiger partial charge in [0.05, 0.1) is 18.5 Å². The number of hydrogen-bond acceptors (Lipinski definition) is 6. The first kappa shape index (κ1) is 23.8. The molecular weight excluding hydrogens is 424 g/mol. The van der Waals surface area contributed by atoms with E-state index in [9.17, 15) is 24.8 Å². The zero-order valence-corrected chi connectivity index (χ0v) is 18.7. The van der Waals surface area contributed by atoms with Gasteiger partial charge in [-0.05, 0) is 45.0 Å². The van der Waals surface area contributed by atoms with E-state index in [1.807, 2.05) is 6.07 Å². The highest BCUT2D eigenvalue weighted by Gasteiger charge is 2.50. The lowest BCUT2D eigenvalue weighted by molar-refractivity contribution is -0.157. The molecule has 0 saturated carbocycles. The second kappa shape index (κ2) is 9.74. The number of amides is 1. The van der Waals surface area contributed by atoms with E-state index in [0.717, 1.165) is 0 Å². The predicted octanol–water partition coefficient (Wildman–Crippen LogP) is 3.26. The first-order valence-electron chi connectivity index (χ1n) is 10.6. The van der Waals surface area contributed by atoms with E-state index in [1.165, 1.54) is 4.90 Å². The van der Waals surface area contributed by atoms with Crippen LogP contribution < -0.4 is 4.74 Å². The standard InChI is InChI=1S/C25H26N2O6/c1-25(2,3)33-21(28)13-18-20(32-19-12-8-7-11-17(19)14-26)15-27(22(18)24(30)31)23(29)16-9-5-4-6-10-16/h4-12,18,20,22H,13,15H2,1-3H3,(H,30,31). The Bertz CT molecular complexity index is 1070. The monoisotopic (exact) mass is 450 g/mol. The maximum atomic E-state index is 13.2. The van der Waals surface area contributed by atoms with Gasteiger partial charge >= 0.3 is 11.9 Å². The van der Waals surface area contributed by atoms with Crippen LogP contribution in [-0.2, 0) is 14.3 Å². The molecule has 0 spiro atoms. The number of carbonyl (C=O) groups excluding carboxylic acids is 2. The Balaban J connectivity index is 1.97. The average Bonchev–Trinajstić information content (AvgIpc) is 3.10. The van der Waals surface area contributed by atoms with Gasteiger partial charge in [-0.15, -0.1) is 0 Å². The van der Waals surface area contributed by atoms with E-state index in [-0.39, 0.29) is 24.3 Å². The highest BCUT2D eigenvalue weighted by Crippen LogP contribution is 2.34. The normalized spacial score (nSPS) is 20.1. The molecule has 172 valence electrons. The maximum Gasteiger partial charge on any atom is 0.326 e. The molecule has 1 fully saturated rings. The SMILES string of the molecule is CC(C)(C)OC(=O)CC1C(Oc2ccccc2C#N)CN(C(=O)c2ccccc2)C1C(=O)O. The molecule has 2 aromatic carbocycles. The lowest BCUT2D eigenvalue weighted by Gasteiger charge is -2.26. The van der Waals surface area contributed by atoms with Crippen LogP contribution in [0.4, 0.5) is 0 Å². The zero-order valence-electron chi connectivity index (χ0n) is 18.7. The van der Waals surface area contributed by atoms with Gasteiger partial charge in [0.2, 0.25) is 0 Å². The summed E-state index contributed by atoms with van der Waals surface area (Å²) in [6, 6.07) is 15.6. The van der Waals surface area contributed by atoms with Crippen molar-refractivity contribution >= 4 is 17.8 Å². The molecule has 1 aliphatic heterocycles. The van der Waals surface area contributed by atoms with Gasteiger partial charge in [-0.3, -0.25) is 9.59 Å². The number of carboxylic acids is 1. The largest absolute Gasteiger partial charge is 0.487 e. The van der Waals surface area contributed by atoms with Gasteiger partial charge < -0.3 is 19.5 Å². The fourth-order valence-electron chi connectivity index (χ4n) is 3.92. The van der Waals surface area contributed by atoms with Crippen molar-refractivity contribution in [3.8, 4) is 11.8 Å². The number of likely N-dealkylation sites (tertiary alicyclic amines) is 1. The molecule has 1 aliphatic rings. The van der Waals surface area contributed by atoms with Crippen LogP contribution in [0.2, 0.25) is 0 Å². The number of nitriles is 1. The van der Waals surface area contributed by atoms with Crippen LogP contribution in [-0.4, -0.2) is 52.1 Å². The fraction of sp³-hybridized carbons (Fsp3) is 0.360. The smallest absolute Gasteiger partial charge is 0.326 e. The fourth-order valence-corrected chi connectivity index (χ4v) is 3.92. The molecule has 0 aromatic heterocycles. The number of rotatable bonds is 6. The average molecular weight is 450 g/mol. The van der Waals surface area contributed by atoms with Crippen LogP contribution in [0.5, 0.6) is 5.75 Å². The van der Waals surface area contributed by atoms with E-state index in [2.05, 4.69) is 0 Å². The van der Waals surface area contributed by atoms with Gasteiger partial charge in [-0.2, -0.15) is 5.26 Å². The van der Waals surface area contributed by atoms with Crippen LogP contribution in [0.1, 0.15) is 43.1 Å². The quantitative estimate of drug-likeness (QED) is 0.671. The van der Waals surface area contributed by atoms with Crippen molar-refractivity contribution in [2.45, 2.75) is 44.9 Å². The van der Waals surface area contributed by atoms with Crippen molar-refractivity contribution in [3.63, 3.8) is 0 Å². The molecule has 0 radical (unpaired) electrons. The summed E-state index contributed by atoms with van der Waals surface area (Å²) in [6.07, 6.45) is -1.09. The summed E-state index contributed by atoms with van der Waals surface area (Å²) < 4.78 is 11.5. The third-order valence-electron chi connectivity index (χ3n) is 5.24. The minimum Gasteiger partial charge on any atom is -0.487 e. The van der Waals surface area contributed by atoms with Crippen molar-refractivity contribution in [1.29, 1.82) is 5.26 Å². The van der Waals surface area contributed by atoms with E-state index in [0.29, 0.717) is 5.56 Å². The number of carbonyl (C=O) groups is 3. The third kappa shape index (κ3) is 5.69. The molecule has 0 aliphatic carbocycles. The molecule has 0 bridgehead atoms. The topological polar surface area (TPSA) is 117 Å². The van der Waals surface area contributed by atoms with Gasteiger partial charge in [-0.25, -0.2) is 4.79 Å².